The fourth-order valence-corrected chi connectivity index (χ4v) is 4.07. The first-order chi connectivity index (χ1) is 15.0. The van der Waals surface area contributed by atoms with Gasteiger partial charge < -0.3 is 24.8 Å². The van der Waals surface area contributed by atoms with Gasteiger partial charge in [-0.1, -0.05) is 5.16 Å². The van der Waals surface area contributed by atoms with Crippen molar-refractivity contribution in [3.63, 3.8) is 0 Å². The number of aromatic hydroxyl groups is 2. The summed E-state index contributed by atoms with van der Waals surface area (Å²) < 4.78 is 10.8. The molecule has 10 nitrogen and oxygen atoms in total. The number of ketones is 3. The number of phenolic OH excluding ortho intramolecular Hbond substituents is 2. The van der Waals surface area contributed by atoms with Gasteiger partial charge in [0.1, 0.15) is 34.0 Å². The van der Waals surface area contributed by atoms with Gasteiger partial charge in [-0.25, -0.2) is 0 Å². The van der Waals surface area contributed by atoms with Gasteiger partial charge >= 0.3 is 0 Å². The molecular weight excluding hydrogens is 418 g/mol. The number of nitrogens with zero attached hydrogens (tertiary/aromatic N) is 2. The lowest BCUT2D eigenvalue weighted by atomic mass is 9.70. The first-order valence-electron chi connectivity index (χ1n) is 9.81. The van der Waals surface area contributed by atoms with E-state index in [2.05, 4.69) is 15.5 Å². The molecule has 3 N–H and O–H groups in total. The number of fused-ring (bicyclic) bond motifs is 3. The van der Waals surface area contributed by atoms with Gasteiger partial charge in [0, 0.05) is 17.3 Å². The van der Waals surface area contributed by atoms with E-state index < -0.39 is 28.5 Å². The molecule has 1 aromatic heterocycles. The minimum Gasteiger partial charge on any atom is -0.507 e. The molecular formula is C22H21N3O7. The second-order valence-electron chi connectivity index (χ2n) is 7.98. The maximum Gasteiger partial charge on any atom is 0.245 e. The number of nitrogens with one attached hydrogen (secondary N) is 1. The van der Waals surface area contributed by atoms with Crippen molar-refractivity contribution in [3.05, 3.63) is 51.5 Å². The normalized spacial score (nSPS) is 21.0. The molecule has 1 aliphatic heterocycles. The number of aryl methyl sites for hydroxylation is 1. The largest absolute Gasteiger partial charge is 0.507 e. The van der Waals surface area contributed by atoms with Gasteiger partial charge in [-0.2, -0.15) is 4.98 Å². The van der Waals surface area contributed by atoms with Crippen LogP contribution in [-0.2, 0) is 21.5 Å². The fourth-order valence-electron chi connectivity index (χ4n) is 4.07. The third-order valence-electron chi connectivity index (χ3n) is 5.83. The highest BCUT2D eigenvalue weighted by molar-refractivity contribution is 6.31. The number of benzene rings is 1. The average Bonchev–Trinajstić information content (AvgIpc) is 3.26. The van der Waals surface area contributed by atoms with Gasteiger partial charge in [-0.3, -0.25) is 14.4 Å². The highest BCUT2D eigenvalue weighted by Gasteiger charge is 2.56. The lowest BCUT2D eigenvalue weighted by molar-refractivity contribution is -0.123. The number of ether oxygens (including phenoxy) is 1. The van der Waals surface area contributed by atoms with E-state index in [0.717, 1.165) is 6.08 Å². The van der Waals surface area contributed by atoms with Crippen LogP contribution in [0.5, 0.6) is 17.2 Å². The number of phenols is 2. The Bertz CT molecular complexity index is 1280. The van der Waals surface area contributed by atoms with Gasteiger partial charge in [0.25, 0.3) is 0 Å². The molecule has 0 bridgehead atoms. The molecule has 4 rings (SSSR count). The predicted octanol–water partition coefficient (Wildman–Crippen LogP) is 2.05. The van der Waals surface area contributed by atoms with Crippen LogP contribution in [0.25, 0.3) is 0 Å². The lowest BCUT2D eigenvalue weighted by Gasteiger charge is -2.29. The van der Waals surface area contributed by atoms with Gasteiger partial charge in [-0.05, 0) is 34.6 Å². The topological polar surface area (TPSA) is 152 Å². The summed E-state index contributed by atoms with van der Waals surface area (Å²) in [4.78, 5) is 42.7. The number of hydrogen-bond donors (Lipinski definition) is 3. The van der Waals surface area contributed by atoms with Gasteiger partial charge in [0.2, 0.25) is 5.89 Å². The highest BCUT2D eigenvalue weighted by atomic mass is 16.5. The molecule has 0 saturated carbocycles. The molecule has 0 unspecified atom stereocenters. The summed E-state index contributed by atoms with van der Waals surface area (Å²) in [6, 6.07) is 0. The minimum atomic E-state index is -1.56. The second kappa shape index (κ2) is 7.04. The molecule has 166 valence electrons. The molecule has 2 heterocycles. The number of hydrogen-bond acceptors (Lipinski definition) is 10. The van der Waals surface area contributed by atoms with Crippen LogP contribution in [0.1, 0.15) is 54.0 Å². The monoisotopic (exact) mass is 439 g/mol. The quantitative estimate of drug-likeness (QED) is 0.367. The lowest BCUT2D eigenvalue weighted by Crippen LogP contribution is -2.41. The third-order valence-corrected chi connectivity index (χ3v) is 5.83. The first-order valence-corrected chi connectivity index (χ1v) is 9.81. The van der Waals surface area contributed by atoms with Crippen molar-refractivity contribution in [1.82, 2.24) is 15.5 Å². The van der Waals surface area contributed by atoms with Gasteiger partial charge in [0.15, 0.2) is 23.2 Å². The molecule has 2 aromatic rings. The highest BCUT2D eigenvalue weighted by Crippen LogP contribution is 2.57. The Labute approximate surface area is 182 Å². The number of rotatable bonds is 4. The Kier molecular flexibility index (Phi) is 4.69. The zero-order chi connectivity index (χ0) is 23.5. The third kappa shape index (κ3) is 2.83. The van der Waals surface area contributed by atoms with Crippen LogP contribution in [-0.4, -0.2) is 37.7 Å². The van der Waals surface area contributed by atoms with Crippen molar-refractivity contribution < 1.29 is 33.9 Å². The first kappa shape index (κ1) is 21.3. The zero-order valence-electron chi connectivity index (χ0n) is 18.1. The standard InChI is InChI=1S/C22H21N3O7/c1-8-18(28)16(10(3)26)20-17(19(8)29)22(5)13(31-20)6-12(27)15(21(22)30)9(2)23-7-14-24-11(4)25-32-14/h6,23,28-29H,7H2,1-5H3/b15-9+/t22-/m0/s1. The Hall–Kier alpha value is -3.95. The summed E-state index contributed by atoms with van der Waals surface area (Å²) in [5.74, 6) is -1.92. The molecule has 0 saturated heterocycles. The number of Topliss-reactive ketones (excluding diaryl/α,β-unsaturated/α-hetero) is 2. The Morgan fingerprint density at radius 2 is 1.88 bits per heavy atom. The van der Waals surface area contributed by atoms with Crippen LogP contribution >= 0.6 is 0 Å². The molecule has 0 fully saturated rings. The molecule has 2 aliphatic rings. The maximum atomic E-state index is 13.6. The van der Waals surface area contributed by atoms with Crippen LogP contribution in [0.2, 0.25) is 0 Å². The Morgan fingerprint density at radius 1 is 1.19 bits per heavy atom. The molecule has 0 spiro atoms. The summed E-state index contributed by atoms with van der Waals surface area (Å²) in [5.41, 5.74) is -1.48. The van der Waals surface area contributed by atoms with E-state index >= 15 is 0 Å². The fraction of sp³-hybridized carbons (Fsp3) is 0.318. The number of carbonyl (C=O) groups is 3. The number of carbonyl (C=O) groups excluding carboxylic acids is 3. The van der Waals surface area contributed by atoms with E-state index in [1.165, 1.54) is 20.8 Å². The van der Waals surface area contributed by atoms with Gasteiger partial charge in [-0.15, -0.1) is 0 Å². The summed E-state index contributed by atoms with van der Waals surface area (Å²) >= 11 is 0. The summed E-state index contributed by atoms with van der Waals surface area (Å²) in [5, 5.41) is 27.8. The Balaban J connectivity index is 1.84. The van der Waals surface area contributed by atoms with E-state index in [1.807, 2.05) is 0 Å². The molecule has 10 heteroatoms. The van der Waals surface area contributed by atoms with Crippen LogP contribution in [0, 0.1) is 13.8 Å². The maximum absolute atomic E-state index is 13.6. The van der Waals surface area contributed by atoms with E-state index in [4.69, 9.17) is 9.26 Å². The van der Waals surface area contributed by atoms with Crippen molar-refractivity contribution >= 4 is 17.3 Å². The summed E-state index contributed by atoms with van der Waals surface area (Å²) in [7, 11) is 0. The van der Waals surface area contributed by atoms with Crippen molar-refractivity contribution in [1.29, 1.82) is 0 Å². The minimum absolute atomic E-state index is 0.0191. The van der Waals surface area contributed by atoms with Crippen LogP contribution in [0.3, 0.4) is 0 Å². The average molecular weight is 439 g/mol. The van der Waals surface area contributed by atoms with E-state index in [-0.39, 0.29) is 57.7 Å². The summed E-state index contributed by atoms with van der Waals surface area (Å²) in [6.07, 6.45) is 1.16. The smallest absolute Gasteiger partial charge is 0.245 e. The van der Waals surface area contributed by atoms with E-state index in [1.54, 1.807) is 13.8 Å². The van der Waals surface area contributed by atoms with Gasteiger partial charge in [0.05, 0.1) is 17.7 Å². The van der Waals surface area contributed by atoms with Crippen molar-refractivity contribution in [3.8, 4) is 17.2 Å². The van der Waals surface area contributed by atoms with Crippen molar-refractivity contribution in [2.45, 2.75) is 46.6 Å². The number of aromatic nitrogens is 2. The predicted molar refractivity (Wildman–Crippen MR) is 109 cm³/mol. The van der Waals surface area contributed by atoms with Crippen molar-refractivity contribution in [2.75, 3.05) is 0 Å². The zero-order valence-corrected chi connectivity index (χ0v) is 18.1. The molecule has 1 aromatic carbocycles. The molecule has 0 radical (unpaired) electrons. The van der Waals surface area contributed by atoms with Crippen LogP contribution < -0.4 is 10.1 Å². The van der Waals surface area contributed by atoms with Crippen LogP contribution in [0.15, 0.2) is 27.6 Å². The number of allylic oxidation sites excluding steroid dienone is 4. The van der Waals surface area contributed by atoms with E-state index in [0.29, 0.717) is 5.82 Å². The molecule has 1 atom stereocenters. The van der Waals surface area contributed by atoms with Crippen molar-refractivity contribution in [2.24, 2.45) is 0 Å². The van der Waals surface area contributed by atoms with Crippen LogP contribution in [0.4, 0.5) is 0 Å². The molecule has 0 amide bonds. The summed E-state index contributed by atoms with van der Waals surface area (Å²) in [6.45, 7) is 7.50. The Morgan fingerprint density at radius 3 is 2.47 bits per heavy atom. The second-order valence-corrected chi connectivity index (χ2v) is 7.98. The van der Waals surface area contributed by atoms with E-state index in [9.17, 15) is 24.6 Å². The molecule has 32 heavy (non-hydrogen) atoms. The molecule has 1 aliphatic carbocycles. The SMILES string of the molecule is CC(=O)c1c(O)c(C)c(O)c2c1OC1=CC(=O)/C(=C(/C)NCc3nc(C)no3)C(=O)[C@@]12C.